The Morgan fingerprint density at radius 3 is 2.22 bits per heavy atom. The highest BCUT2D eigenvalue weighted by atomic mass is 32.2. The summed E-state index contributed by atoms with van der Waals surface area (Å²) >= 11 is 1.37. The summed E-state index contributed by atoms with van der Waals surface area (Å²) in [7, 11) is 0. The van der Waals surface area contributed by atoms with Crippen molar-refractivity contribution in [3.8, 4) is 11.5 Å². The number of ether oxygens (including phenoxy) is 2. The molecule has 1 amide bonds. The summed E-state index contributed by atoms with van der Waals surface area (Å²) in [6, 6.07) is 21.7. The number of carbonyl (C=O) groups excluding carboxylic acids is 1. The fourth-order valence-electron chi connectivity index (χ4n) is 3.61. The van der Waals surface area contributed by atoms with Crippen LogP contribution in [0.3, 0.4) is 0 Å². The van der Waals surface area contributed by atoms with Crippen molar-refractivity contribution in [1.29, 1.82) is 0 Å². The number of aliphatic imine (C=N–C) groups is 1. The topological polar surface area (TPSA) is 51.1 Å². The van der Waals surface area contributed by atoms with Crippen molar-refractivity contribution in [3.63, 3.8) is 0 Å². The highest BCUT2D eigenvalue weighted by Crippen LogP contribution is 2.38. The van der Waals surface area contributed by atoms with Crippen LogP contribution < -0.4 is 14.4 Å². The van der Waals surface area contributed by atoms with Crippen molar-refractivity contribution in [3.05, 3.63) is 88.3 Å². The summed E-state index contributed by atoms with van der Waals surface area (Å²) in [5.41, 5.74) is 4.76. The number of amides is 1. The molecule has 6 heteroatoms. The quantitative estimate of drug-likeness (QED) is 0.300. The molecule has 36 heavy (non-hydrogen) atoms. The number of nitrogens with zero attached hydrogens (tertiary/aromatic N) is 2. The third kappa shape index (κ3) is 6.18. The van der Waals surface area contributed by atoms with Gasteiger partial charge in [0.05, 0.1) is 29.5 Å². The van der Waals surface area contributed by atoms with E-state index < -0.39 is 0 Å². The van der Waals surface area contributed by atoms with Crippen molar-refractivity contribution < 1.29 is 14.3 Å². The zero-order chi connectivity index (χ0) is 25.7. The Hall–Kier alpha value is -3.51. The molecule has 3 aromatic rings. The van der Waals surface area contributed by atoms with Crippen molar-refractivity contribution in [2.45, 2.75) is 34.6 Å². The Morgan fingerprint density at radius 2 is 1.58 bits per heavy atom. The van der Waals surface area contributed by atoms with Crippen LogP contribution in [0.25, 0.3) is 6.08 Å². The Bertz CT molecular complexity index is 1280. The van der Waals surface area contributed by atoms with Gasteiger partial charge in [0.1, 0.15) is 0 Å². The molecule has 1 aliphatic heterocycles. The minimum Gasteiger partial charge on any atom is -0.490 e. The number of anilines is 1. The van der Waals surface area contributed by atoms with E-state index in [-0.39, 0.29) is 5.91 Å². The molecule has 0 unspecified atom stereocenters. The van der Waals surface area contributed by atoms with E-state index in [4.69, 9.17) is 14.5 Å². The molecule has 0 atom stereocenters. The van der Waals surface area contributed by atoms with E-state index in [9.17, 15) is 4.79 Å². The first-order valence-corrected chi connectivity index (χ1v) is 13.0. The fourth-order valence-corrected chi connectivity index (χ4v) is 4.61. The molecule has 4 rings (SSSR count). The third-order valence-corrected chi connectivity index (χ3v) is 6.46. The van der Waals surface area contributed by atoms with E-state index in [1.165, 1.54) is 11.8 Å². The number of amidine groups is 1. The van der Waals surface area contributed by atoms with Gasteiger partial charge in [0.2, 0.25) is 0 Å². The maximum absolute atomic E-state index is 13.6. The smallest absolute Gasteiger partial charge is 0.271 e. The van der Waals surface area contributed by atoms with E-state index in [1.807, 2.05) is 93.6 Å². The highest BCUT2D eigenvalue weighted by Gasteiger charge is 2.34. The predicted octanol–water partition coefficient (Wildman–Crippen LogP) is 7.55. The number of hydrogen-bond acceptors (Lipinski definition) is 5. The number of rotatable bonds is 8. The average Bonchev–Trinajstić information content (AvgIpc) is 3.15. The molecule has 3 aromatic carbocycles. The van der Waals surface area contributed by atoms with Gasteiger partial charge in [-0.1, -0.05) is 55.3 Å². The van der Waals surface area contributed by atoms with Gasteiger partial charge in [-0.15, -0.1) is 0 Å². The third-order valence-electron chi connectivity index (χ3n) is 5.49. The van der Waals surface area contributed by atoms with E-state index in [1.54, 1.807) is 4.90 Å². The van der Waals surface area contributed by atoms with Crippen molar-refractivity contribution >= 4 is 40.3 Å². The molecule has 0 N–H and O–H groups in total. The molecule has 186 valence electrons. The van der Waals surface area contributed by atoms with E-state index >= 15 is 0 Å². The average molecular weight is 501 g/mol. The van der Waals surface area contributed by atoms with Gasteiger partial charge in [0.25, 0.3) is 5.91 Å². The molecule has 1 fully saturated rings. The maximum Gasteiger partial charge on any atom is 0.271 e. The number of carbonyl (C=O) groups is 1. The van der Waals surface area contributed by atoms with Crippen LogP contribution in [0.5, 0.6) is 11.5 Å². The molecule has 0 spiro atoms. The molecule has 1 aliphatic rings. The first-order chi connectivity index (χ1) is 17.3. The van der Waals surface area contributed by atoms with Crippen LogP contribution in [0.15, 0.2) is 76.6 Å². The summed E-state index contributed by atoms with van der Waals surface area (Å²) in [5, 5.41) is 0.626. The molecule has 0 saturated carbocycles. The minimum absolute atomic E-state index is 0.104. The largest absolute Gasteiger partial charge is 0.490 e. The molecule has 0 bridgehead atoms. The molecule has 0 aliphatic carbocycles. The van der Waals surface area contributed by atoms with E-state index in [0.717, 1.165) is 28.1 Å². The second kappa shape index (κ2) is 11.5. The molecule has 1 heterocycles. The first-order valence-electron chi connectivity index (χ1n) is 12.2. The van der Waals surface area contributed by atoms with Crippen molar-refractivity contribution in [2.75, 3.05) is 18.1 Å². The zero-order valence-corrected chi connectivity index (χ0v) is 22.3. The first kappa shape index (κ1) is 25.6. The van der Waals surface area contributed by atoms with Crippen molar-refractivity contribution in [1.82, 2.24) is 0 Å². The van der Waals surface area contributed by atoms with Crippen LogP contribution in [0.2, 0.25) is 0 Å². The van der Waals surface area contributed by atoms with Gasteiger partial charge in [-0.2, -0.15) is 0 Å². The summed E-state index contributed by atoms with van der Waals surface area (Å²) in [6.07, 6.45) is 1.89. The summed E-state index contributed by atoms with van der Waals surface area (Å²) in [5.74, 6) is 1.69. The summed E-state index contributed by atoms with van der Waals surface area (Å²) in [4.78, 5) is 20.7. The van der Waals surface area contributed by atoms with Crippen LogP contribution in [0, 0.1) is 19.8 Å². The molecule has 1 saturated heterocycles. The van der Waals surface area contributed by atoms with Gasteiger partial charge in [-0.05, 0) is 86.5 Å². The summed E-state index contributed by atoms with van der Waals surface area (Å²) < 4.78 is 11.8. The lowest BCUT2D eigenvalue weighted by Gasteiger charge is -2.16. The SMILES string of the molecule is CCOc1cc(/C=C2/SC(=Nc3ccc(C)cc3)N(c3ccc(C)cc3)C2=O)ccc1OCC(C)C. The van der Waals surface area contributed by atoms with Crippen LogP contribution in [-0.4, -0.2) is 24.3 Å². The lowest BCUT2D eigenvalue weighted by Crippen LogP contribution is -2.28. The molecule has 0 radical (unpaired) electrons. The minimum atomic E-state index is -0.104. The lowest BCUT2D eigenvalue weighted by atomic mass is 10.1. The fraction of sp³-hybridized carbons (Fsp3) is 0.267. The summed E-state index contributed by atoms with van der Waals surface area (Å²) in [6.45, 7) is 11.4. The Balaban J connectivity index is 1.70. The second-order valence-corrected chi connectivity index (χ2v) is 10.2. The van der Waals surface area contributed by atoms with Gasteiger partial charge < -0.3 is 9.47 Å². The zero-order valence-electron chi connectivity index (χ0n) is 21.4. The predicted molar refractivity (Wildman–Crippen MR) is 150 cm³/mol. The van der Waals surface area contributed by atoms with E-state index in [0.29, 0.717) is 40.7 Å². The van der Waals surface area contributed by atoms with Gasteiger partial charge in [-0.25, -0.2) is 4.99 Å². The normalized spacial score (nSPS) is 15.8. The number of benzene rings is 3. The molecular weight excluding hydrogens is 468 g/mol. The van der Waals surface area contributed by atoms with Gasteiger partial charge in [-0.3, -0.25) is 9.69 Å². The second-order valence-electron chi connectivity index (χ2n) is 9.16. The Morgan fingerprint density at radius 1 is 0.917 bits per heavy atom. The van der Waals surface area contributed by atoms with Crippen LogP contribution >= 0.6 is 11.8 Å². The number of hydrogen-bond donors (Lipinski definition) is 0. The molecule has 5 nitrogen and oxygen atoms in total. The Kier molecular flexibility index (Phi) is 8.16. The number of thioether (sulfide) groups is 1. The highest BCUT2D eigenvalue weighted by molar-refractivity contribution is 8.19. The van der Waals surface area contributed by atoms with Gasteiger partial charge in [0, 0.05) is 0 Å². The van der Waals surface area contributed by atoms with E-state index in [2.05, 4.69) is 13.8 Å². The van der Waals surface area contributed by atoms with Crippen molar-refractivity contribution in [2.24, 2.45) is 10.9 Å². The molecule has 0 aromatic heterocycles. The maximum atomic E-state index is 13.6. The Labute approximate surface area is 217 Å². The molecular formula is C30H32N2O3S. The van der Waals surface area contributed by atoms with Crippen LogP contribution in [-0.2, 0) is 4.79 Å². The lowest BCUT2D eigenvalue weighted by molar-refractivity contribution is -0.113. The van der Waals surface area contributed by atoms with Crippen LogP contribution in [0.1, 0.15) is 37.5 Å². The van der Waals surface area contributed by atoms with Gasteiger partial charge >= 0.3 is 0 Å². The monoisotopic (exact) mass is 500 g/mol. The van der Waals surface area contributed by atoms with Crippen LogP contribution in [0.4, 0.5) is 11.4 Å². The van der Waals surface area contributed by atoms with Gasteiger partial charge in [0.15, 0.2) is 16.7 Å². The standard InChI is InChI=1S/C30H32N2O3S/c1-6-34-27-17-23(11-16-26(27)35-19-20(2)3)18-28-29(33)32(25-14-9-22(5)10-15-25)30(36-28)31-24-12-7-21(4)8-13-24/h7-18,20H,6,19H2,1-5H3/b28-18+,31-30?. The number of aryl methyl sites for hydroxylation is 2.